The third kappa shape index (κ3) is 2.67. The Morgan fingerprint density at radius 2 is 1.89 bits per heavy atom. The fourth-order valence-electron chi connectivity index (χ4n) is 3.48. The zero-order valence-electron chi connectivity index (χ0n) is 11.6. The zero-order valence-corrected chi connectivity index (χ0v) is 11.6. The van der Waals surface area contributed by atoms with E-state index in [2.05, 4.69) is 42.6 Å². The standard InChI is InChI=1S/C17H22N2/c1-12-5-7-13(8-6-12)15-9-16(10-15)19-17-4-2-3-14(17)11-18/h5-8,14-17,19H,2-4,9-10H2,1H3. The predicted octanol–water partition coefficient (Wildman–Crippen LogP) is 3.52. The predicted molar refractivity (Wildman–Crippen MR) is 76.8 cm³/mol. The Kier molecular flexibility index (Phi) is 3.57. The molecule has 2 aliphatic carbocycles. The van der Waals surface area contributed by atoms with Gasteiger partial charge in [0.25, 0.3) is 0 Å². The number of rotatable bonds is 3. The van der Waals surface area contributed by atoms with E-state index in [0.29, 0.717) is 12.1 Å². The van der Waals surface area contributed by atoms with Crippen LogP contribution in [0, 0.1) is 24.2 Å². The van der Waals surface area contributed by atoms with Crippen molar-refractivity contribution in [3.05, 3.63) is 35.4 Å². The maximum atomic E-state index is 9.11. The molecule has 0 spiro atoms. The number of aryl methyl sites for hydroxylation is 1. The molecular formula is C17H22N2. The third-order valence-electron chi connectivity index (χ3n) is 4.82. The first-order valence-electron chi connectivity index (χ1n) is 7.48. The molecule has 0 radical (unpaired) electrons. The van der Waals surface area contributed by atoms with E-state index in [9.17, 15) is 0 Å². The fourth-order valence-corrected chi connectivity index (χ4v) is 3.48. The summed E-state index contributed by atoms with van der Waals surface area (Å²) >= 11 is 0. The summed E-state index contributed by atoms with van der Waals surface area (Å²) in [5.41, 5.74) is 2.81. The molecule has 0 bridgehead atoms. The molecule has 100 valence electrons. The van der Waals surface area contributed by atoms with Crippen LogP contribution in [0.3, 0.4) is 0 Å². The van der Waals surface area contributed by atoms with Gasteiger partial charge in [-0.2, -0.15) is 5.26 Å². The lowest BCUT2D eigenvalue weighted by atomic mass is 9.75. The second kappa shape index (κ2) is 5.35. The SMILES string of the molecule is Cc1ccc(C2CC(NC3CCCC3C#N)C2)cc1. The molecule has 2 atom stereocenters. The smallest absolute Gasteiger partial charge is 0.0672 e. The first-order chi connectivity index (χ1) is 9.26. The molecule has 0 amide bonds. The molecule has 1 aromatic carbocycles. The lowest BCUT2D eigenvalue weighted by molar-refractivity contribution is 0.254. The number of nitrogens with one attached hydrogen (secondary N) is 1. The maximum absolute atomic E-state index is 9.11. The van der Waals surface area contributed by atoms with E-state index in [-0.39, 0.29) is 5.92 Å². The second-order valence-corrected chi connectivity index (χ2v) is 6.22. The normalized spacial score (nSPS) is 33.7. The van der Waals surface area contributed by atoms with E-state index in [1.165, 1.54) is 36.8 Å². The van der Waals surface area contributed by atoms with Gasteiger partial charge in [-0.15, -0.1) is 0 Å². The van der Waals surface area contributed by atoms with Gasteiger partial charge < -0.3 is 5.32 Å². The molecule has 1 N–H and O–H groups in total. The molecule has 0 aromatic heterocycles. The molecule has 3 rings (SSSR count). The van der Waals surface area contributed by atoms with Crippen molar-refractivity contribution in [2.75, 3.05) is 0 Å². The van der Waals surface area contributed by atoms with Gasteiger partial charge in [0.05, 0.1) is 12.0 Å². The Bertz CT molecular complexity index is 465. The van der Waals surface area contributed by atoms with Crippen LogP contribution in [-0.2, 0) is 0 Å². The summed E-state index contributed by atoms with van der Waals surface area (Å²) in [5.74, 6) is 0.971. The van der Waals surface area contributed by atoms with Gasteiger partial charge in [0.15, 0.2) is 0 Å². The molecule has 2 nitrogen and oxygen atoms in total. The fraction of sp³-hybridized carbons (Fsp3) is 0.588. The Balaban J connectivity index is 1.50. The van der Waals surface area contributed by atoms with Crippen LogP contribution in [-0.4, -0.2) is 12.1 Å². The second-order valence-electron chi connectivity index (χ2n) is 6.22. The molecule has 2 heteroatoms. The average molecular weight is 254 g/mol. The van der Waals surface area contributed by atoms with E-state index in [1.54, 1.807) is 0 Å². The van der Waals surface area contributed by atoms with Gasteiger partial charge in [-0.3, -0.25) is 0 Å². The molecule has 19 heavy (non-hydrogen) atoms. The summed E-state index contributed by atoms with van der Waals surface area (Å²) < 4.78 is 0. The summed E-state index contributed by atoms with van der Waals surface area (Å²) in [6.45, 7) is 2.14. The molecule has 0 aliphatic heterocycles. The van der Waals surface area contributed by atoms with Crippen LogP contribution < -0.4 is 5.32 Å². The van der Waals surface area contributed by atoms with Crippen LogP contribution in [0.2, 0.25) is 0 Å². The first kappa shape index (κ1) is 12.7. The van der Waals surface area contributed by atoms with Crippen molar-refractivity contribution in [2.24, 2.45) is 5.92 Å². The van der Waals surface area contributed by atoms with E-state index >= 15 is 0 Å². The highest BCUT2D eigenvalue weighted by Crippen LogP contribution is 2.38. The quantitative estimate of drug-likeness (QED) is 0.895. The third-order valence-corrected chi connectivity index (χ3v) is 4.82. The minimum Gasteiger partial charge on any atom is -0.310 e. The number of nitrogens with zero attached hydrogens (tertiary/aromatic N) is 1. The van der Waals surface area contributed by atoms with Crippen LogP contribution in [0.1, 0.15) is 49.1 Å². The molecule has 2 fully saturated rings. The number of nitriles is 1. The van der Waals surface area contributed by atoms with E-state index < -0.39 is 0 Å². The van der Waals surface area contributed by atoms with Gasteiger partial charge in [-0.05, 0) is 44.1 Å². The topological polar surface area (TPSA) is 35.8 Å². The van der Waals surface area contributed by atoms with Gasteiger partial charge >= 0.3 is 0 Å². The molecule has 2 aliphatic rings. The summed E-state index contributed by atoms with van der Waals surface area (Å²) in [6, 6.07) is 12.5. The van der Waals surface area contributed by atoms with Crippen molar-refractivity contribution in [3.63, 3.8) is 0 Å². The van der Waals surface area contributed by atoms with Crippen molar-refractivity contribution in [3.8, 4) is 6.07 Å². The van der Waals surface area contributed by atoms with Gasteiger partial charge in [0, 0.05) is 12.1 Å². The summed E-state index contributed by atoms with van der Waals surface area (Å²) in [5, 5.41) is 12.8. The molecule has 0 saturated heterocycles. The average Bonchev–Trinajstić information content (AvgIpc) is 2.82. The van der Waals surface area contributed by atoms with E-state index in [4.69, 9.17) is 5.26 Å². The highest BCUT2D eigenvalue weighted by molar-refractivity contribution is 5.26. The lowest BCUT2D eigenvalue weighted by Gasteiger charge is -2.38. The van der Waals surface area contributed by atoms with Crippen LogP contribution in [0.4, 0.5) is 0 Å². The van der Waals surface area contributed by atoms with Crippen LogP contribution in [0.5, 0.6) is 0 Å². The Labute approximate surface area is 115 Å². The number of hydrogen-bond donors (Lipinski definition) is 1. The lowest BCUT2D eigenvalue weighted by Crippen LogP contribution is -2.46. The Morgan fingerprint density at radius 1 is 1.16 bits per heavy atom. The molecular weight excluding hydrogens is 232 g/mol. The monoisotopic (exact) mass is 254 g/mol. The van der Waals surface area contributed by atoms with Gasteiger partial charge in [-0.1, -0.05) is 36.2 Å². The van der Waals surface area contributed by atoms with Crippen LogP contribution in [0.25, 0.3) is 0 Å². The minimum atomic E-state index is 0.249. The Morgan fingerprint density at radius 3 is 2.58 bits per heavy atom. The highest BCUT2D eigenvalue weighted by atomic mass is 15.0. The minimum absolute atomic E-state index is 0.249. The van der Waals surface area contributed by atoms with Crippen LogP contribution in [0.15, 0.2) is 24.3 Å². The van der Waals surface area contributed by atoms with Crippen molar-refractivity contribution in [1.82, 2.24) is 5.32 Å². The first-order valence-corrected chi connectivity index (χ1v) is 7.48. The summed E-state index contributed by atoms with van der Waals surface area (Å²) in [7, 11) is 0. The molecule has 0 heterocycles. The molecule has 1 aromatic rings. The largest absolute Gasteiger partial charge is 0.310 e. The zero-order chi connectivity index (χ0) is 13.2. The van der Waals surface area contributed by atoms with Crippen molar-refractivity contribution >= 4 is 0 Å². The van der Waals surface area contributed by atoms with Crippen molar-refractivity contribution in [1.29, 1.82) is 5.26 Å². The van der Waals surface area contributed by atoms with Gasteiger partial charge in [0.1, 0.15) is 0 Å². The van der Waals surface area contributed by atoms with Crippen molar-refractivity contribution < 1.29 is 0 Å². The summed E-state index contributed by atoms with van der Waals surface area (Å²) in [6.07, 6.45) is 5.95. The Hall–Kier alpha value is -1.33. The van der Waals surface area contributed by atoms with E-state index in [0.717, 1.165) is 12.3 Å². The summed E-state index contributed by atoms with van der Waals surface area (Å²) in [4.78, 5) is 0. The maximum Gasteiger partial charge on any atom is 0.0672 e. The van der Waals surface area contributed by atoms with Gasteiger partial charge in [0.2, 0.25) is 0 Å². The molecule has 2 unspecified atom stereocenters. The number of benzene rings is 1. The number of hydrogen-bond acceptors (Lipinski definition) is 2. The van der Waals surface area contributed by atoms with E-state index in [1.807, 2.05) is 0 Å². The van der Waals surface area contributed by atoms with Gasteiger partial charge in [-0.25, -0.2) is 0 Å². The molecule has 2 saturated carbocycles. The van der Waals surface area contributed by atoms with Crippen LogP contribution >= 0.6 is 0 Å². The van der Waals surface area contributed by atoms with Crippen molar-refractivity contribution in [2.45, 2.75) is 57.0 Å². The highest BCUT2D eigenvalue weighted by Gasteiger charge is 2.35.